The summed E-state index contributed by atoms with van der Waals surface area (Å²) >= 11 is 1.74. The first-order chi connectivity index (χ1) is 10.5. The number of fused-ring (bicyclic) bond motifs is 1. The van der Waals surface area contributed by atoms with E-state index >= 15 is 0 Å². The predicted octanol–water partition coefficient (Wildman–Crippen LogP) is 1.24. The zero-order valence-corrected chi connectivity index (χ0v) is 13.7. The van der Waals surface area contributed by atoms with Gasteiger partial charge in [0.25, 0.3) is 0 Å². The fourth-order valence-electron chi connectivity index (χ4n) is 2.79. The molecule has 1 aromatic carbocycles. The van der Waals surface area contributed by atoms with Crippen LogP contribution in [-0.4, -0.2) is 36.0 Å². The molecular weight excluding hydrogens is 298 g/mol. The predicted molar refractivity (Wildman–Crippen MR) is 89.1 cm³/mol. The fourth-order valence-corrected chi connectivity index (χ4v) is 3.73. The maximum Gasteiger partial charge on any atom is 0.238 e. The summed E-state index contributed by atoms with van der Waals surface area (Å²) in [5.74, 6) is 1.80. The van der Waals surface area contributed by atoms with E-state index in [2.05, 4.69) is 22.0 Å². The molecule has 2 amide bonds. The van der Waals surface area contributed by atoms with E-state index in [9.17, 15) is 9.59 Å². The molecule has 6 heteroatoms. The molecule has 1 saturated heterocycles. The second-order valence-corrected chi connectivity index (χ2v) is 7.30. The average molecular weight is 319 g/mol. The number of hydrogen-bond acceptors (Lipinski definition) is 4. The molecule has 3 N–H and O–H groups in total. The molecule has 2 aliphatic heterocycles. The van der Waals surface area contributed by atoms with Gasteiger partial charge in [-0.3, -0.25) is 14.9 Å². The Bertz CT molecular complexity index is 609. The van der Waals surface area contributed by atoms with Gasteiger partial charge in [0.05, 0.1) is 11.5 Å². The van der Waals surface area contributed by atoms with Gasteiger partial charge in [-0.2, -0.15) is 0 Å². The van der Waals surface area contributed by atoms with E-state index in [4.69, 9.17) is 0 Å². The maximum atomic E-state index is 11.9. The number of benzene rings is 1. The van der Waals surface area contributed by atoms with E-state index in [-0.39, 0.29) is 17.9 Å². The normalized spacial score (nSPS) is 22.3. The Labute approximate surface area is 134 Å². The largest absolute Gasteiger partial charge is 0.354 e. The molecule has 22 heavy (non-hydrogen) atoms. The number of nitrogens with one attached hydrogen (secondary N) is 3. The van der Waals surface area contributed by atoms with Gasteiger partial charge >= 0.3 is 0 Å². The van der Waals surface area contributed by atoms with Crippen molar-refractivity contribution in [3.63, 3.8) is 0 Å². The van der Waals surface area contributed by atoms with Crippen LogP contribution in [0.2, 0.25) is 0 Å². The number of rotatable bonds is 4. The summed E-state index contributed by atoms with van der Waals surface area (Å²) in [4.78, 5) is 23.9. The Hall–Kier alpha value is -1.53. The fraction of sp³-hybridized carbons (Fsp3) is 0.500. The van der Waals surface area contributed by atoms with Crippen LogP contribution in [0.25, 0.3) is 0 Å². The monoisotopic (exact) mass is 319 g/mol. The summed E-state index contributed by atoms with van der Waals surface area (Å²) in [5.41, 5.74) is 2.59. The number of thioether (sulfide) groups is 1. The van der Waals surface area contributed by atoms with Crippen molar-refractivity contribution >= 4 is 29.3 Å². The van der Waals surface area contributed by atoms with E-state index in [1.807, 2.05) is 26.0 Å². The Kier molecular flexibility index (Phi) is 4.14. The third-order valence-corrected chi connectivity index (χ3v) is 5.26. The first-order valence-electron chi connectivity index (χ1n) is 7.52. The molecule has 1 aromatic rings. The Morgan fingerprint density at radius 3 is 3.00 bits per heavy atom. The Morgan fingerprint density at radius 1 is 1.45 bits per heavy atom. The van der Waals surface area contributed by atoms with Crippen molar-refractivity contribution in [3.05, 3.63) is 29.3 Å². The van der Waals surface area contributed by atoms with Gasteiger partial charge in [-0.1, -0.05) is 12.1 Å². The van der Waals surface area contributed by atoms with Crippen LogP contribution in [0.4, 0.5) is 5.69 Å². The van der Waals surface area contributed by atoms with Crippen LogP contribution in [0.1, 0.15) is 25.0 Å². The standard InChI is InChI=1S/C16H21N3O2S/c1-16(2)11-7-10(3-4-12(11)19-15(16)21)5-6-17-14(20)13-8-22-9-18-13/h3-4,7,13,18H,5-6,8-9H2,1-2H3,(H,17,20)(H,19,21). The summed E-state index contributed by atoms with van der Waals surface area (Å²) < 4.78 is 0. The minimum absolute atomic E-state index is 0.0396. The molecule has 0 spiro atoms. The molecule has 0 aromatic heterocycles. The van der Waals surface area contributed by atoms with Crippen molar-refractivity contribution in [1.29, 1.82) is 0 Å². The van der Waals surface area contributed by atoms with Crippen LogP contribution in [0.15, 0.2) is 18.2 Å². The zero-order chi connectivity index (χ0) is 15.7. The SMILES string of the molecule is CC1(C)C(=O)Nc2ccc(CCNC(=O)C3CSCN3)cc21. The van der Waals surface area contributed by atoms with Gasteiger partial charge < -0.3 is 10.6 Å². The van der Waals surface area contributed by atoms with Gasteiger partial charge in [-0.05, 0) is 37.5 Å². The summed E-state index contributed by atoms with van der Waals surface area (Å²) in [6, 6.07) is 5.97. The third-order valence-electron chi connectivity index (χ3n) is 4.32. The van der Waals surface area contributed by atoms with Crippen molar-refractivity contribution in [2.24, 2.45) is 0 Å². The molecule has 0 aliphatic carbocycles. The van der Waals surface area contributed by atoms with E-state index in [0.29, 0.717) is 6.54 Å². The molecule has 1 unspecified atom stereocenters. The molecule has 0 saturated carbocycles. The van der Waals surface area contributed by atoms with Crippen molar-refractivity contribution < 1.29 is 9.59 Å². The molecule has 3 rings (SSSR count). The number of amides is 2. The highest BCUT2D eigenvalue weighted by Crippen LogP contribution is 2.37. The lowest BCUT2D eigenvalue weighted by molar-refractivity contribution is -0.122. The average Bonchev–Trinajstić information content (AvgIpc) is 3.08. The van der Waals surface area contributed by atoms with E-state index < -0.39 is 5.41 Å². The molecule has 5 nitrogen and oxygen atoms in total. The van der Waals surface area contributed by atoms with Crippen LogP contribution in [0, 0.1) is 0 Å². The van der Waals surface area contributed by atoms with Crippen molar-refractivity contribution in [3.8, 4) is 0 Å². The molecule has 2 aliphatic rings. The smallest absolute Gasteiger partial charge is 0.238 e. The summed E-state index contributed by atoms with van der Waals surface area (Å²) in [5, 5.41) is 9.04. The van der Waals surface area contributed by atoms with Gasteiger partial charge in [0.15, 0.2) is 0 Å². The molecular formula is C16H21N3O2S. The number of carbonyl (C=O) groups is 2. The van der Waals surface area contributed by atoms with Crippen LogP contribution in [0.3, 0.4) is 0 Å². The second-order valence-electron chi connectivity index (χ2n) is 6.27. The highest BCUT2D eigenvalue weighted by Gasteiger charge is 2.38. The lowest BCUT2D eigenvalue weighted by atomic mass is 9.85. The van der Waals surface area contributed by atoms with Crippen molar-refractivity contribution in [1.82, 2.24) is 10.6 Å². The Morgan fingerprint density at radius 2 is 2.27 bits per heavy atom. The van der Waals surface area contributed by atoms with E-state index in [0.717, 1.165) is 34.9 Å². The minimum atomic E-state index is -0.487. The summed E-state index contributed by atoms with van der Waals surface area (Å²) in [7, 11) is 0. The van der Waals surface area contributed by atoms with Crippen LogP contribution < -0.4 is 16.0 Å². The van der Waals surface area contributed by atoms with Crippen LogP contribution in [-0.2, 0) is 21.4 Å². The molecule has 1 fully saturated rings. The molecule has 0 radical (unpaired) electrons. The van der Waals surface area contributed by atoms with Gasteiger partial charge in [0.2, 0.25) is 11.8 Å². The van der Waals surface area contributed by atoms with Gasteiger partial charge in [-0.15, -0.1) is 11.8 Å². The van der Waals surface area contributed by atoms with Gasteiger partial charge in [0.1, 0.15) is 0 Å². The lowest BCUT2D eigenvalue weighted by Gasteiger charge is -2.16. The highest BCUT2D eigenvalue weighted by molar-refractivity contribution is 7.99. The maximum absolute atomic E-state index is 11.9. The molecule has 2 heterocycles. The van der Waals surface area contributed by atoms with Crippen molar-refractivity contribution in [2.45, 2.75) is 31.7 Å². The minimum Gasteiger partial charge on any atom is -0.354 e. The topological polar surface area (TPSA) is 70.2 Å². The molecule has 118 valence electrons. The zero-order valence-electron chi connectivity index (χ0n) is 12.9. The van der Waals surface area contributed by atoms with Crippen LogP contribution >= 0.6 is 11.8 Å². The van der Waals surface area contributed by atoms with Gasteiger partial charge in [0, 0.05) is 23.9 Å². The Balaban J connectivity index is 1.59. The number of hydrogen-bond donors (Lipinski definition) is 3. The van der Waals surface area contributed by atoms with E-state index in [1.165, 1.54) is 0 Å². The quantitative estimate of drug-likeness (QED) is 0.781. The first-order valence-corrected chi connectivity index (χ1v) is 8.67. The summed E-state index contributed by atoms with van der Waals surface area (Å²) in [6.07, 6.45) is 0.767. The molecule has 1 atom stereocenters. The van der Waals surface area contributed by atoms with Gasteiger partial charge in [-0.25, -0.2) is 0 Å². The number of anilines is 1. The first kappa shape index (κ1) is 15.4. The second kappa shape index (κ2) is 5.93. The van der Waals surface area contributed by atoms with Crippen molar-refractivity contribution in [2.75, 3.05) is 23.5 Å². The highest BCUT2D eigenvalue weighted by atomic mass is 32.2. The summed E-state index contributed by atoms with van der Waals surface area (Å²) in [6.45, 7) is 4.48. The molecule has 0 bridgehead atoms. The van der Waals surface area contributed by atoms with E-state index in [1.54, 1.807) is 11.8 Å². The third kappa shape index (κ3) is 2.85. The lowest BCUT2D eigenvalue weighted by Crippen LogP contribution is -2.42. The number of carbonyl (C=O) groups excluding carboxylic acids is 2. The van der Waals surface area contributed by atoms with Crippen LogP contribution in [0.5, 0.6) is 0 Å².